The Bertz CT molecular complexity index is 427. The monoisotopic (exact) mass is 278 g/mol. The van der Waals surface area contributed by atoms with Gasteiger partial charge in [0.1, 0.15) is 12.4 Å². The minimum Gasteiger partial charge on any atom is -0.492 e. The Morgan fingerprint density at radius 1 is 1.30 bits per heavy atom. The maximum Gasteiger partial charge on any atom is 0.265 e. The minimum atomic E-state index is -0.304. The number of carbonyl (C=O) groups excluding carboxylic acids is 1. The second kappa shape index (κ2) is 7.23. The number of carbonyl (C=O) groups is 1. The van der Waals surface area contributed by atoms with E-state index in [0.29, 0.717) is 18.2 Å². The SMILES string of the molecule is NNC(=O)c1ccc(OCCN2CCC(N)CC2)cc1. The summed E-state index contributed by atoms with van der Waals surface area (Å²) < 4.78 is 5.67. The van der Waals surface area contributed by atoms with E-state index in [0.717, 1.165) is 38.2 Å². The van der Waals surface area contributed by atoms with Crippen molar-refractivity contribution in [2.24, 2.45) is 11.6 Å². The molecule has 5 N–H and O–H groups in total. The molecule has 1 fully saturated rings. The number of nitrogen functional groups attached to an aromatic ring is 1. The molecule has 0 saturated carbocycles. The summed E-state index contributed by atoms with van der Waals surface area (Å²) in [6.45, 7) is 3.62. The second-order valence-corrected chi connectivity index (χ2v) is 5.03. The average Bonchev–Trinajstić information content (AvgIpc) is 2.49. The third kappa shape index (κ3) is 4.19. The first-order valence-corrected chi connectivity index (χ1v) is 6.91. The molecule has 0 unspecified atom stereocenters. The first kappa shape index (κ1) is 14.8. The van der Waals surface area contributed by atoms with Gasteiger partial charge in [-0.1, -0.05) is 0 Å². The first-order chi connectivity index (χ1) is 9.69. The van der Waals surface area contributed by atoms with E-state index in [9.17, 15) is 4.79 Å². The number of piperidine rings is 1. The van der Waals surface area contributed by atoms with E-state index in [-0.39, 0.29) is 5.91 Å². The number of ether oxygens (including phenoxy) is 1. The third-order valence-corrected chi connectivity index (χ3v) is 3.56. The number of likely N-dealkylation sites (tertiary alicyclic amines) is 1. The molecule has 1 heterocycles. The molecule has 0 aromatic heterocycles. The van der Waals surface area contributed by atoms with Crippen LogP contribution in [0.2, 0.25) is 0 Å². The highest BCUT2D eigenvalue weighted by atomic mass is 16.5. The standard InChI is InChI=1S/C14H22N4O2/c15-12-5-7-18(8-6-12)9-10-20-13-3-1-11(2-4-13)14(19)17-16/h1-4,12H,5-10,15-16H2,(H,17,19). The van der Waals surface area contributed by atoms with Crippen LogP contribution in [0, 0.1) is 0 Å². The van der Waals surface area contributed by atoms with Crippen LogP contribution in [-0.2, 0) is 0 Å². The zero-order valence-electron chi connectivity index (χ0n) is 11.5. The van der Waals surface area contributed by atoms with Gasteiger partial charge >= 0.3 is 0 Å². The van der Waals surface area contributed by atoms with Crippen molar-refractivity contribution in [3.63, 3.8) is 0 Å². The van der Waals surface area contributed by atoms with Crippen LogP contribution in [0.3, 0.4) is 0 Å². The van der Waals surface area contributed by atoms with E-state index in [4.69, 9.17) is 16.3 Å². The van der Waals surface area contributed by atoms with Gasteiger partial charge in [0.15, 0.2) is 0 Å². The van der Waals surface area contributed by atoms with E-state index in [2.05, 4.69) is 10.3 Å². The number of hydrogen-bond acceptors (Lipinski definition) is 5. The smallest absolute Gasteiger partial charge is 0.265 e. The predicted octanol–water partition coefficient (Wildman–Crippen LogP) is 0.0920. The number of hydrogen-bond donors (Lipinski definition) is 3. The van der Waals surface area contributed by atoms with Gasteiger partial charge in [0.05, 0.1) is 0 Å². The van der Waals surface area contributed by atoms with Crippen LogP contribution in [0.1, 0.15) is 23.2 Å². The maximum absolute atomic E-state index is 11.3. The van der Waals surface area contributed by atoms with Crippen LogP contribution in [0.25, 0.3) is 0 Å². The van der Waals surface area contributed by atoms with Crippen molar-refractivity contribution in [1.29, 1.82) is 0 Å². The minimum absolute atomic E-state index is 0.304. The van der Waals surface area contributed by atoms with Crippen LogP contribution in [0.15, 0.2) is 24.3 Å². The number of hydrazine groups is 1. The van der Waals surface area contributed by atoms with Gasteiger partial charge in [0.25, 0.3) is 5.91 Å². The molecule has 0 radical (unpaired) electrons. The Labute approximate surface area is 119 Å². The molecule has 0 atom stereocenters. The summed E-state index contributed by atoms with van der Waals surface area (Å²) in [5.41, 5.74) is 8.48. The predicted molar refractivity (Wildman–Crippen MR) is 77.2 cm³/mol. The van der Waals surface area contributed by atoms with E-state index >= 15 is 0 Å². The molecule has 6 heteroatoms. The molecule has 1 aromatic rings. The molecule has 1 aromatic carbocycles. The highest BCUT2D eigenvalue weighted by molar-refractivity contribution is 5.93. The highest BCUT2D eigenvalue weighted by Crippen LogP contribution is 2.13. The molecule has 6 nitrogen and oxygen atoms in total. The van der Waals surface area contributed by atoms with Crippen LogP contribution in [-0.4, -0.2) is 43.1 Å². The lowest BCUT2D eigenvalue weighted by Crippen LogP contribution is -2.41. The Morgan fingerprint density at radius 3 is 2.55 bits per heavy atom. The van der Waals surface area contributed by atoms with Gasteiger partial charge in [-0.25, -0.2) is 5.84 Å². The van der Waals surface area contributed by atoms with Gasteiger partial charge in [-0.05, 0) is 50.2 Å². The van der Waals surface area contributed by atoms with Crippen molar-refractivity contribution < 1.29 is 9.53 Å². The summed E-state index contributed by atoms with van der Waals surface area (Å²) in [5.74, 6) is 5.52. The lowest BCUT2D eigenvalue weighted by atomic mass is 10.1. The zero-order chi connectivity index (χ0) is 14.4. The number of nitrogens with two attached hydrogens (primary N) is 2. The van der Waals surface area contributed by atoms with Crippen LogP contribution >= 0.6 is 0 Å². The zero-order valence-corrected chi connectivity index (χ0v) is 11.5. The fourth-order valence-electron chi connectivity index (χ4n) is 2.26. The number of amides is 1. The van der Waals surface area contributed by atoms with Crippen molar-refractivity contribution in [3.8, 4) is 5.75 Å². The molecule has 1 aliphatic rings. The molecule has 110 valence electrons. The molecular formula is C14H22N4O2. The lowest BCUT2D eigenvalue weighted by molar-refractivity contribution is 0.0953. The van der Waals surface area contributed by atoms with E-state index in [1.165, 1.54) is 0 Å². The Hall–Kier alpha value is -1.63. The second-order valence-electron chi connectivity index (χ2n) is 5.03. The summed E-state index contributed by atoms with van der Waals surface area (Å²) in [6, 6.07) is 7.29. The Balaban J connectivity index is 1.73. The summed E-state index contributed by atoms with van der Waals surface area (Å²) in [4.78, 5) is 13.6. The highest BCUT2D eigenvalue weighted by Gasteiger charge is 2.15. The first-order valence-electron chi connectivity index (χ1n) is 6.91. The van der Waals surface area contributed by atoms with Crippen LogP contribution < -0.4 is 21.7 Å². The number of rotatable bonds is 5. The number of benzene rings is 1. The van der Waals surface area contributed by atoms with E-state index in [1.807, 2.05) is 0 Å². The summed E-state index contributed by atoms with van der Waals surface area (Å²) >= 11 is 0. The Morgan fingerprint density at radius 2 is 1.95 bits per heavy atom. The van der Waals surface area contributed by atoms with Crippen molar-refractivity contribution in [2.75, 3.05) is 26.2 Å². The fourth-order valence-corrected chi connectivity index (χ4v) is 2.26. The van der Waals surface area contributed by atoms with Gasteiger partial charge in [0, 0.05) is 18.2 Å². The van der Waals surface area contributed by atoms with Crippen molar-refractivity contribution in [2.45, 2.75) is 18.9 Å². The van der Waals surface area contributed by atoms with Gasteiger partial charge in [0.2, 0.25) is 0 Å². The van der Waals surface area contributed by atoms with Crippen molar-refractivity contribution >= 4 is 5.91 Å². The normalized spacial score (nSPS) is 16.9. The molecule has 0 bridgehead atoms. The molecule has 1 amide bonds. The van der Waals surface area contributed by atoms with Gasteiger partial charge in [-0.15, -0.1) is 0 Å². The van der Waals surface area contributed by atoms with Crippen molar-refractivity contribution in [3.05, 3.63) is 29.8 Å². The summed E-state index contributed by atoms with van der Waals surface area (Å²) in [7, 11) is 0. The topological polar surface area (TPSA) is 93.6 Å². The fraction of sp³-hybridized carbons (Fsp3) is 0.500. The Kier molecular flexibility index (Phi) is 5.34. The quantitative estimate of drug-likeness (QED) is 0.403. The molecule has 2 rings (SSSR count). The molecule has 1 aliphatic heterocycles. The molecule has 1 saturated heterocycles. The molecular weight excluding hydrogens is 256 g/mol. The van der Waals surface area contributed by atoms with Crippen LogP contribution in [0.4, 0.5) is 0 Å². The molecule has 0 aliphatic carbocycles. The van der Waals surface area contributed by atoms with Gasteiger partial charge < -0.3 is 10.5 Å². The number of nitrogens with one attached hydrogen (secondary N) is 1. The maximum atomic E-state index is 11.3. The third-order valence-electron chi connectivity index (χ3n) is 3.56. The van der Waals surface area contributed by atoms with Crippen LogP contribution in [0.5, 0.6) is 5.75 Å². The summed E-state index contributed by atoms with van der Waals surface area (Å²) in [6.07, 6.45) is 2.12. The van der Waals surface area contributed by atoms with Crippen molar-refractivity contribution in [1.82, 2.24) is 10.3 Å². The van der Waals surface area contributed by atoms with Gasteiger partial charge in [-0.3, -0.25) is 15.1 Å². The summed E-state index contributed by atoms with van der Waals surface area (Å²) in [5, 5.41) is 0. The largest absolute Gasteiger partial charge is 0.492 e. The van der Waals surface area contributed by atoms with E-state index < -0.39 is 0 Å². The van der Waals surface area contributed by atoms with E-state index in [1.54, 1.807) is 24.3 Å². The lowest BCUT2D eigenvalue weighted by Gasteiger charge is -2.29. The number of nitrogens with zero attached hydrogens (tertiary/aromatic N) is 1. The average molecular weight is 278 g/mol. The van der Waals surface area contributed by atoms with Gasteiger partial charge in [-0.2, -0.15) is 0 Å². The molecule has 20 heavy (non-hydrogen) atoms. The molecule has 0 spiro atoms.